The van der Waals surface area contributed by atoms with Crippen LogP contribution in [0.3, 0.4) is 0 Å². The van der Waals surface area contributed by atoms with Gasteiger partial charge in [0.05, 0.1) is 17.7 Å². The van der Waals surface area contributed by atoms with Crippen LogP contribution in [-0.4, -0.2) is 45.1 Å². The summed E-state index contributed by atoms with van der Waals surface area (Å²) in [6, 6.07) is 1.42. The molecule has 1 aliphatic rings. The van der Waals surface area contributed by atoms with Crippen molar-refractivity contribution in [3.63, 3.8) is 0 Å². The van der Waals surface area contributed by atoms with E-state index in [1.807, 2.05) is 0 Å². The Morgan fingerprint density at radius 1 is 1.47 bits per heavy atom. The minimum absolute atomic E-state index is 0.158. The molecule has 1 aromatic heterocycles. The van der Waals surface area contributed by atoms with Crippen LogP contribution in [0.15, 0.2) is 18.5 Å². The zero-order valence-corrected chi connectivity index (χ0v) is 9.04. The third-order valence-electron chi connectivity index (χ3n) is 2.86. The second-order valence-corrected chi connectivity index (χ2v) is 3.97. The van der Waals surface area contributed by atoms with Gasteiger partial charge in [-0.05, 0) is 12.5 Å². The minimum Gasteiger partial charge on any atom is -0.505 e. The third kappa shape index (κ3) is 2.20. The molecular weight excluding hydrogens is 224 g/mol. The molecule has 0 spiro atoms. The van der Waals surface area contributed by atoms with Crippen molar-refractivity contribution in [3.8, 4) is 5.75 Å². The molecule has 1 unspecified atom stereocenters. The lowest BCUT2D eigenvalue weighted by Gasteiger charge is -2.16. The largest absolute Gasteiger partial charge is 0.505 e. The normalized spacial score (nSPS) is 19.3. The number of aliphatic carboxylic acids is 1. The monoisotopic (exact) mass is 236 g/mol. The number of aromatic hydroxyl groups is 1. The molecule has 1 aromatic rings. The van der Waals surface area contributed by atoms with E-state index in [1.165, 1.54) is 23.4 Å². The van der Waals surface area contributed by atoms with E-state index in [0.29, 0.717) is 13.0 Å². The van der Waals surface area contributed by atoms with E-state index >= 15 is 0 Å². The predicted octanol–water partition coefficient (Wildman–Crippen LogP) is 0.334. The molecule has 6 nitrogen and oxygen atoms in total. The molecule has 1 amide bonds. The first-order valence-electron chi connectivity index (χ1n) is 5.24. The predicted molar refractivity (Wildman–Crippen MR) is 57.5 cm³/mol. The number of nitrogens with zero attached hydrogens (tertiary/aromatic N) is 2. The number of carbonyl (C=O) groups excluding carboxylic acids is 1. The van der Waals surface area contributed by atoms with Crippen LogP contribution in [0.2, 0.25) is 0 Å². The SMILES string of the molecule is O=C(O)C1CCN(C(=O)c2ccncc2O)C1. The van der Waals surface area contributed by atoms with Crippen molar-refractivity contribution < 1.29 is 19.8 Å². The molecule has 0 bridgehead atoms. The highest BCUT2D eigenvalue weighted by Crippen LogP contribution is 2.22. The lowest BCUT2D eigenvalue weighted by Crippen LogP contribution is -2.30. The molecule has 1 fully saturated rings. The number of carboxylic acid groups (broad SMARTS) is 1. The van der Waals surface area contributed by atoms with E-state index in [1.54, 1.807) is 0 Å². The number of carboxylic acids is 1. The Morgan fingerprint density at radius 3 is 2.82 bits per heavy atom. The quantitative estimate of drug-likeness (QED) is 0.772. The fraction of sp³-hybridized carbons (Fsp3) is 0.364. The van der Waals surface area contributed by atoms with Crippen molar-refractivity contribution in [2.75, 3.05) is 13.1 Å². The Labute approximate surface area is 97.5 Å². The van der Waals surface area contributed by atoms with Crippen molar-refractivity contribution in [2.24, 2.45) is 5.92 Å². The van der Waals surface area contributed by atoms with Crippen LogP contribution in [-0.2, 0) is 4.79 Å². The second kappa shape index (κ2) is 4.40. The molecule has 2 rings (SSSR count). The molecule has 1 aliphatic heterocycles. The molecule has 0 radical (unpaired) electrons. The fourth-order valence-corrected chi connectivity index (χ4v) is 1.88. The zero-order valence-electron chi connectivity index (χ0n) is 9.04. The molecule has 0 aliphatic carbocycles. The van der Waals surface area contributed by atoms with Gasteiger partial charge in [-0.1, -0.05) is 0 Å². The first kappa shape index (κ1) is 11.4. The highest BCUT2D eigenvalue weighted by atomic mass is 16.4. The van der Waals surface area contributed by atoms with Crippen LogP contribution in [0.5, 0.6) is 5.75 Å². The summed E-state index contributed by atoms with van der Waals surface area (Å²) in [5, 5.41) is 18.3. The van der Waals surface area contributed by atoms with Crippen molar-refractivity contribution in [3.05, 3.63) is 24.0 Å². The Balaban J connectivity index is 2.13. The Bertz CT molecular complexity index is 461. The molecular formula is C11H12N2O4. The van der Waals surface area contributed by atoms with E-state index in [9.17, 15) is 14.7 Å². The van der Waals surface area contributed by atoms with Crippen LogP contribution in [0.1, 0.15) is 16.8 Å². The smallest absolute Gasteiger partial charge is 0.308 e. The molecule has 1 atom stereocenters. The van der Waals surface area contributed by atoms with E-state index in [2.05, 4.69) is 4.98 Å². The molecule has 0 saturated carbocycles. The van der Waals surface area contributed by atoms with Crippen LogP contribution in [0.4, 0.5) is 0 Å². The van der Waals surface area contributed by atoms with Crippen molar-refractivity contribution in [2.45, 2.75) is 6.42 Å². The van der Waals surface area contributed by atoms with Gasteiger partial charge in [-0.3, -0.25) is 14.6 Å². The van der Waals surface area contributed by atoms with E-state index in [0.717, 1.165) is 0 Å². The molecule has 0 aromatic carbocycles. The summed E-state index contributed by atoms with van der Waals surface area (Å²) in [7, 11) is 0. The molecule has 6 heteroatoms. The molecule has 2 N–H and O–H groups in total. The molecule has 1 saturated heterocycles. The van der Waals surface area contributed by atoms with Gasteiger partial charge < -0.3 is 15.1 Å². The van der Waals surface area contributed by atoms with Crippen molar-refractivity contribution in [1.82, 2.24) is 9.88 Å². The Hall–Kier alpha value is -2.11. The van der Waals surface area contributed by atoms with Gasteiger partial charge in [-0.2, -0.15) is 0 Å². The van der Waals surface area contributed by atoms with Gasteiger partial charge in [0.15, 0.2) is 0 Å². The van der Waals surface area contributed by atoms with Gasteiger partial charge in [0, 0.05) is 19.3 Å². The van der Waals surface area contributed by atoms with Gasteiger partial charge in [0.1, 0.15) is 5.75 Å². The number of pyridine rings is 1. The maximum atomic E-state index is 12.0. The summed E-state index contributed by atoms with van der Waals surface area (Å²) in [5.41, 5.74) is 0.158. The van der Waals surface area contributed by atoms with E-state index in [4.69, 9.17) is 5.11 Å². The first-order valence-corrected chi connectivity index (χ1v) is 5.24. The number of hydrogen-bond donors (Lipinski definition) is 2. The van der Waals surface area contributed by atoms with E-state index < -0.39 is 11.9 Å². The second-order valence-electron chi connectivity index (χ2n) is 3.97. The minimum atomic E-state index is -0.890. The maximum Gasteiger partial charge on any atom is 0.308 e. The van der Waals surface area contributed by atoms with Gasteiger partial charge >= 0.3 is 5.97 Å². The average Bonchev–Trinajstić information content (AvgIpc) is 2.78. The van der Waals surface area contributed by atoms with Gasteiger partial charge in [0.25, 0.3) is 5.91 Å². The zero-order chi connectivity index (χ0) is 12.4. The summed E-state index contributed by atoms with van der Waals surface area (Å²) in [6.45, 7) is 0.591. The van der Waals surface area contributed by atoms with Gasteiger partial charge in [-0.25, -0.2) is 0 Å². The molecule has 17 heavy (non-hydrogen) atoms. The standard InChI is InChI=1S/C11H12N2O4/c14-9-5-12-3-1-8(9)10(15)13-4-2-7(6-13)11(16)17/h1,3,5,7,14H,2,4,6H2,(H,16,17). The lowest BCUT2D eigenvalue weighted by molar-refractivity contribution is -0.141. The maximum absolute atomic E-state index is 12.0. The average molecular weight is 236 g/mol. The molecule has 2 heterocycles. The number of carbonyl (C=O) groups is 2. The summed E-state index contributed by atoms with van der Waals surface area (Å²) < 4.78 is 0. The van der Waals surface area contributed by atoms with Crippen LogP contribution >= 0.6 is 0 Å². The lowest BCUT2D eigenvalue weighted by atomic mass is 10.1. The van der Waals surface area contributed by atoms with E-state index in [-0.39, 0.29) is 23.8 Å². The topological polar surface area (TPSA) is 90.7 Å². The highest BCUT2D eigenvalue weighted by Gasteiger charge is 2.31. The van der Waals surface area contributed by atoms with Crippen LogP contribution in [0, 0.1) is 5.92 Å². The Morgan fingerprint density at radius 2 is 2.24 bits per heavy atom. The van der Waals surface area contributed by atoms with Crippen molar-refractivity contribution in [1.29, 1.82) is 0 Å². The van der Waals surface area contributed by atoms with Crippen LogP contribution in [0.25, 0.3) is 0 Å². The number of likely N-dealkylation sites (tertiary alicyclic amines) is 1. The molecule has 90 valence electrons. The Kier molecular flexibility index (Phi) is 2.95. The summed E-state index contributed by atoms with van der Waals surface area (Å²) in [5.74, 6) is -1.94. The summed E-state index contributed by atoms with van der Waals surface area (Å²) in [4.78, 5) is 27.9. The van der Waals surface area contributed by atoms with Gasteiger partial charge in [0.2, 0.25) is 0 Å². The number of amides is 1. The van der Waals surface area contributed by atoms with Gasteiger partial charge in [-0.15, -0.1) is 0 Å². The van der Waals surface area contributed by atoms with Crippen LogP contribution < -0.4 is 0 Å². The highest BCUT2D eigenvalue weighted by molar-refractivity contribution is 5.97. The number of rotatable bonds is 2. The number of aromatic nitrogens is 1. The number of hydrogen-bond acceptors (Lipinski definition) is 4. The van der Waals surface area contributed by atoms with Crippen molar-refractivity contribution >= 4 is 11.9 Å². The fourth-order valence-electron chi connectivity index (χ4n) is 1.88. The third-order valence-corrected chi connectivity index (χ3v) is 2.86. The first-order chi connectivity index (χ1) is 8.09. The summed E-state index contributed by atoms with van der Waals surface area (Å²) >= 11 is 0. The summed E-state index contributed by atoms with van der Waals surface area (Å²) in [6.07, 6.45) is 3.06.